The predicted molar refractivity (Wildman–Crippen MR) is 88.6 cm³/mol. The second kappa shape index (κ2) is 6.28. The molecule has 0 spiro atoms. The summed E-state index contributed by atoms with van der Waals surface area (Å²) in [6.45, 7) is 1.14. The van der Waals surface area contributed by atoms with Crippen molar-refractivity contribution in [3.8, 4) is 0 Å². The second-order valence-electron chi connectivity index (χ2n) is 5.35. The summed E-state index contributed by atoms with van der Waals surface area (Å²) >= 11 is 0. The number of aromatic amines is 1. The first-order valence-corrected chi connectivity index (χ1v) is 7.39. The molecule has 1 aromatic carbocycles. The molecule has 0 atom stereocenters. The molecule has 0 unspecified atom stereocenters. The highest BCUT2D eigenvalue weighted by Gasteiger charge is 2.17. The van der Waals surface area contributed by atoms with Crippen LogP contribution >= 0.6 is 0 Å². The third kappa shape index (κ3) is 2.81. The lowest BCUT2D eigenvalue weighted by molar-refractivity contribution is 0.626. The van der Waals surface area contributed by atoms with Gasteiger partial charge in [-0.15, -0.1) is 0 Å². The van der Waals surface area contributed by atoms with Crippen LogP contribution in [0.2, 0.25) is 0 Å². The van der Waals surface area contributed by atoms with Gasteiger partial charge in [0, 0.05) is 20.1 Å². The number of nitrogens with two attached hydrogens (primary N) is 1. The smallest absolute Gasteiger partial charge is 0.329 e. The van der Waals surface area contributed by atoms with Gasteiger partial charge in [-0.05, 0) is 17.7 Å². The number of fused-ring (bicyclic) bond motifs is 1. The number of aromatic nitrogens is 4. The Balaban J connectivity index is 2.19. The van der Waals surface area contributed by atoms with Crippen molar-refractivity contribution in [2.75, 3.05) is 18.4 Å². The van der Waals surface area contributed by atoms with Crippen LogP contribution in [0.3, 0.4) is 0 Å². The Bertz CT molecular complexity index is 986. The molecule has 3 aromatic rings. The van der Waals surface area contributed by atoms with Crippen molar-refractivity contribution in [3.63, 3.8) is 0 Å². The summed E-state index contributed by atoms with van der Waals surface area (Å²) in [6.07, 6.45) is 0. The van der Waals surface area contributed by atoms with E-state index in [9.17, 15) is 14.0 Å². The first-order valence-electron chi connectivity index (χ1n) is 7.39. The predicted octanol–water partition coefficient (Wildman–Crippen LogP) is -0.0187. The van der Waals surface area contributed by atoms with Gasteiger partial charge in [0.2, 0.25) is 5.95 Å². The van der Waals surface area contributed by atoms with E-state index < -0.39 is 11.2 Å². The van der Waals surface area contributed by atoms with Crippen LogP contribution in [0.15, 0.2) is 33.9 Å². The molecule has 0 aliphatic carbocycles. The molecule has 0 aliphatic heterocycles. The van der Waals surface area contributed by atoms with Crippen molar-refractivity contribution in [2.24, 2.45) is 12.8 Å². The van der Waals surface area contributed by atoms with Crippen LogP contribution < -0.4 is 22.3 Å². The minimum atomic E-state index is -0.538. The number of hydrogen-bond donors (Lipinski definition) is 3. The second-order valence-corrected chi connectivity index (χ2v) is 5.35. The molecule has 0 radical (unpaired) electrons. The van der Waals surface area contributed by atoms with Crippen molar-refractivity contribution in [3.05, 3.63) is 56.5 Å². The van der Waals surface area contributed by atoms with Crippen molar-refractivity contribution in [2.45, 2.75) is 6.54 Å². The summed E-state index contributed by atoms with van der Waals surface area (Å²) in [7, 11) is 1.53. The van der Waals surface area contributed by atoms with Crippen LogP contribution in [0.5, 0.6) is 0 Å². The van der Waals surface area contributed by atoms with Gasteiger partial charge in [0.25, 0.3) is 5.56 Å². The van der Waals surface area contributed by atoms with E-state index in [1.54, 1.807) is 16.7 Å². The summed E-state index contributed by atoms with van der Waals surface area (Å²) in [5, 5.41) is 3.04. The fourth-order valence-electron chi connectivity index (χ4n) is 2.48. The Hall–Kier alpha value is -2.94. The Morgan fingerprint density at radius 3 is 2.67 bits per heavy atom. The van der Waals surface area contributed by atoms with Crippen LogP contribution in [-0.4, -0.2) is 32.2 Å². The highest BCUT2D eigenvalue weighted by molar-refractivity contribution is 5.74. The molecule has 2 heterocycles. The topological polar surface area (TPSA) is 111 Å². The largest absolute Gasteiger partial charge is 0.354 e. The maximum absolute atomic E-state index is 13.1. The number of nitrogens with one attached hydrogen (secondary N) is 2. The molecule has 0 fully saturated rings. The summed E-state index contributed by atoms with van der Waals surface area (Å²) in [5.74, 6) is 0.0856. The number of benzene rings is 1. The van der Waals surface area contributed by atoms with E-state index >= 15 is 0 Å². The fourth-order valence-corrected chi connectivity index (χ4v) is 2.48. The maximum Gasteiger partial charge on any atom is 0.329 e. The first kappa shape index (κ1) is 15.9. The molecule has 8 nitrogen and oxygen atoms in total. The number of H-pyrrole nitrogens is 1. The Morgan fingerprint density at radius 1 is 1.29 bits per heavy atom. The molecular formula is C15H17FN6O2. The summed E-state index contributed by atoms with van der Waals surface area (Å²) < 4.78 is 16.0. The molecule has 0 saturated carbocycles. The van der Waals surface area contributed by atoms with Crippen LogP contribution in [-0.2, 0) is 13.6 Å². The Kier molecular flexibility index (Phi) is 4.17. The molecule has 24 heavy (non-hydrogen) atoms. The highest BCUT2D eigenvalue weighted by atomic mass is 19.1. The molecule has 0 saturated heterocycles. The summed E-state index contributed by atoms with van der Waals surface area (Å²) in [6, 6.07) is 5.96. The van der Waals surface area contributed by atoms with E-state index in [-0.39, 0.29) is 17.0 Å². The molecule has 9 heteroatoms. The van der Waals surface area contributed by atoms with Gasteiger partial charge in [-0.3, -0.25) is 18.9 Å². The maximum atomic E-state index is 13.1. The molecule has 0 aliphatic rings. The van der Waals surface area contributed by atoms with Gasteiger partial charge in [-0.1, -0.05) is 12.1 Å². The average molecular weight is 332 g/mol. The van der Waals surface area contributed by atoms with E-state index in [0.29, 0.717) is 25.6 Å². The summed E-state index contributed by atoms with van der Waals surface area (Å²) in [5.41, 5.74) is 5.77. The third-order valence-corrected chi connectivity index (χ3v) is 3.69. The van der Waals surface area contributed by atoms with E-state index in [0.717, 1.165) is 5.56 Å². The molecule has 126 valence electrons. The molecule has 3 rings (SSSR count). The zero-order valence-corrected chi connectivity index (χ0v) is 13.0. The van der Waals surface area contributed by atoms with Gasteiger partial charge in [-0.2, -0.15) is 4.98 Å². The number of nitrogens with zero attached hydrogens (tertiary/aromatic N) is 3. The number of rotatable bonds is 5. The van der Waals surface area contributed by atoms with Gasteiger partial charge in [0.1, 0.15) is 5.82 Å². The van der Waals surface area contributed by atoms with E-state index in [1.165, 1.54) is 23.7 Å². The van der Waals surface area contributed by atoms with Crippen molar-refractivity contribution >= 4 is 17.1 Å². The van der Waals surface area contributed by atoms with Crippen LogP contribution in [0.1, 0.15) is 5.56 Å². The molecule has 0 bridgehead atoms. The standard InChI is InChI=1S/C15H17FN6O2/c1-21-12-11(13(23)20-15(21)24)22(14(19-12)18-7-6-17)8-9-2-4-10(16)5-3-9/h2-5H,6-8,17H2,1H3,(H,18,19)(H,20,23,24). The van der Waals surface area contributed by atoms with Gasteiger partial charge >= 0.3 is 5.69 Å². The number of hydrogen-bond acceptors (Lipinski definition) is 5. The molecule has 2 aromatic heterocycles. The highest BCUT2D eigenvalue weighted by Crippen LogP contribution is 2.17. The zero-order chi connectivity index (χ0) is 17.3. The number of aryl methyl sites for hydroxylation is 1. The average Bonchev–Trinajstić information content (AvgIpc) is 2.92. The van der Waals surface area contributed by atoms with Crippen LogP contribution in [0.4, 0.5) is 10.3 Å². The van der Waals surface area contributed by atoms with Crippen LogP contribution in [0.25, 0.3) is 11.2 Å². The lowest BCUT2D eigenvalue weighted by atomic mass is 10.2. The number of imidazole rings is 1. The van der Waals surface area contributed by atoms with Crippen LogP contribution in [0, 0.1) is 5.82 Å². The van der Waals surface area contributed by atoms with E-state index in [1.807, 2.05) is 0 Å². The van der Waals surface area contributed by atoms with E-state index in [4.69, 9.17) is 5.73 Å². The van der Waals surface area contributed by atoms with Gasteiger partial charge < -0.3 is 11.1 Å². The van der Waals surface area contributed by atoms with Gasteiger partial charge in [-0.25, -0.2) is 9.18 Å². The Labute approximate surface area is 135 Å². The number of halogens is 1. The SMILES string of the molecule is Cn1c(=O)[nH]c(=O)c2c1nc(NCCN)n2Cc1ccc(F)cc1. The quantitative estimate of drug-likeness (QED) is 0.608. The van der Waals surface area contributed by atoms with Crippen molar-refractivity contribution in [1.82, 2.24) is 19.1 Å². The minimum Gasteiger partial charge on any atom is -0.354 e. The lowest BCUT2D eigenvalue weighted by Crippen LogP contribution is -2.29. The fraction of sp³-hybridized carbons (Fsp3) is 0.267. The molecular weight excluding hydrogens is 315 g/mol. The van der Waals surface area contributed by atoms with Crippen molar-refractivity contribution < 1.29 is 4.39 Å². The zero-order valence-electron chi connectivity index (χ0n) is 13.0. The molecule has 0 amide bonds. The van der Waals surface area contributed by atoms with E-state index in [2.05, 4.69) is 15.3 Å². The minimum absolute atomic E-state index is 0.265. The Morgan fingerprint density at radius 2 is 2.00 bits per heavy atom. The third-order valence-electron chi connectivity index (χ3n) is 3.69. The lowest BCUT2D eigenvalue weighted by Gasteiger charge is -2.10. The first-order chi connectivity index (χ1) is 11.5. The van der Waals surface area contributed by atoms with Gasteiger partial charge in [0.15, 0.2) is 11.2 Å². The van der Waals surface area contributed by atoms with Crippen molar-refractivity contribution in [1.29, 1.82) is 0 Å². The summed E-state index contributed by atoms with van der Waals surface area (Å²) in [4.78, 5) is 30.6. The molecule has 4 N–H and O–H groups in total. The van der Waals surface area contributed by atoms with Gasteiger partial charge in [0.05, 0.1) is 6.54 Å². The number of anilines is 1. The normalized spacial score (nSPS) is 11.1. The monoisotopic (exact) mass is 332 g/mol.